The highest BCUT2D eigenvalue weighted by molar-refractivity contribution is 8.19. The molecule has 0 aromatic heterocycles. The smallest absolute Gasteiger partial charge is 0.298 e. The Morgan fingerprint density at radius 2 is 1.67 bits per heavy atom. The van der Waals surface area contributed by atoms with E-state index < -0.39 is 17.0 Å². The van der Waals surface area contributed by atoms with E-state index in [2.05, 4.69) is 0 Å². The number of thioether (sulfide) groups is 1. The van der Waals surface area contributed by atoms with Crippen molar-refractivity contribution >= 4 is 46.3 Å². The fourth-order valence-corrected chi connectivity index (χ4v) is 3.87. The maximum atomic E-state index is 14.1. The van der Waals surface area contributed by atoms with Gasteiger partial charge in [-0.2, -0.15) is 0 Å². The molecule has 1 heterocycles. The minimum absolute atomic E-state index is 0.0596. The van der Waals surface area contributed by atoms with Gasteiger partial charge in [-0.3, -0.25) is 9.59 Å². The molecule has 0 radical (unpaired) electrons. The van der Waals surface area contributed by atoms with Crippen LogP contribution >= 0.6 is 23.4 Å². The lowest BCUT2D eigenvalue weighted by Gasteiger charge is -2.13. The van der Waals surface area contributed by atoms with Crippen LogP contribution < -0.4 is 9.64 Å². The summed E-state index contributed by atoms with van der Waals surface area (Å²) in [6, 6.07) is 20.2. The van der Waals surface area contributed by atoms with Crippen LogP contribution in [0.15, 0.2) is 77.7 Å². The maximum Gasteiger partial charge on any atom is 0.298 e. The monoisotopic (exact) mass is 439 g/mol. The molecule has 2 amide bonds. The highest BCUT2D eigenvalue weighted by Gasteiger charge is 2.37. The summed E-state index contributed by atoms with van der Waals surface area (Å²) in [6.45, 7) is 0.318. The average Bonchev–Trinajstić information content (AvgIpc) is 3.02. The van der Waals surface area contributed by atoms with Crippen molar-refractivity contribution < 1.29 is 18.7 Å². The van der Waals surface area contributed by atoms with Gasteiger partial charge in [-0.05, 0) is 53.7 Å². The molecule has 0 atom stereocenters. The molecule has 0 saturated carbocycles. The number of amides is 2. The van der Waals surface area contributed by atoms with Crippen LogP contribution in [0.1, 0.15) is 11.1 Å². The molecule has 0 aliphatic carbocycles. The highest BCUT2D eigenvalue weighted by Crippen LogP contribution is 2.37. The second-order valence-corrected chi connectivity index (χ2v) is 7.85. The molecule has 1 saturated heterocycles. The minimum atomic E-state index is -0.632. The molecule has 1 fully saturated rings. The second-order valence-electron chi connectivity index (χ2n) is 6.42. The molecule has 1 aliphatic heterocycles. The molecular weight excluding hydrogens is 425 g/mol. The van der Waals surface area contributed by atoms with Crippen LogP contribution in [0.3, 0.4) is 0 Å². The first-order valence-corrected chi connectivity index (χ1v) is 10.2. The highest BCUT2D eigenvalue weighted by atomic mass is 35.5. The predicted molar refractivity (Wildman–Crippen MR) is 117 cm³/mol. The Morgan fingerprint density at radius 3 is 2.43 bits per heavy atom. The van der Waals surface area contributed by atoms with E-state index in [1.807, 2.05) is 24.3 Å². The fraction of sp³-hybridized carbons (Fsp3) is 0.0435. The summed E-state index contributed by atoms with van der Waals surface area (Å²) in [5.74, 6) is -0.638. The van der Waals surface area contributed by atoms with Crippen LogP contribution in [0.5, 0.6) is 5.75 Å². The lowest BCUT2D eigenvalue weighted by atomic mass is 10.1. The summed E-state index contributed by atoms with van der Waals surface area (Å²) >= 11 is 6.67. The molecular formula is C23H15ClFNO3S. The van der Waals surface area contributed by atoms with Crippen molar-refractivity contribution in [2.24, 2.45) is 0 Å². The molecule has 3 aromatic carbocycles. The van der Waals surface area contributed by atoms with Crippen LogP contribution in [0.2, 0.25) is 5.02 Å². The normalized spacial score (nSPS) is 15.1. The van der Waals surface area contributed by atoms with Gasteiger partial charge in [0.2, 0.25) is 0 Å². The average molecular weight is 440 g/mol. The Hall–Kier alpha value is -3.09. The van der Waals surface area contributed by atoms with E-state index in [1.165, 1.54) is 18.2 Å². The SMILES string of the molecule is O=C1S/C(=C\c2ccccc2OCc2ccc(Cl)cc2)C(=O)N1c1ccccc1F. The maximum absolute atomic E-state index is 14.1. The van der Waals surface area contributed by atoms with Gasteiger partial charge in [-0.15, -0.1) is 0 Å². The number of para-hydroxylation sites is 2. The van der Waals surface area contributed by atoms with Crippen LogP contribution in [0.25, 0.3) is 6.08 Å². The molecule has 0 bridgehead atoms. The van der Waals surface area contributed by atoms with Gasteiger partial charge in [0, 0.05) is 10.6 Å². The Balaban J connectivity index is 1.58. The van der Waals surface area contributed by atoms with Crippen molar-refractivity contribution in [1.29, 1.82) is 0 Å². The molecule has 0 N–H and O–H groups in total. The van der Waals surface area contributed by atoms with Crippen molar-refractivity contribution in [2.75, 3.05) is 4.90 Å². The van der Waals surface area contributed by atoms with E-state index in [0.717, 1.165) is 22.2 Å². The minimum Gasteiger partial charge on any atom is -0.488 e. The zero-order chi connectivity index (χ0) is 21.1. The van der Waals surface area contributed by atoms with Gasteiger partial charge in [0.15, 0.2) is 0 Å². The summed E-state index contributed by atoms with van der Waals surface area (Å²) in [6.07, 6.45) is 1.59. The van der Waals surface area contributed by atoms with Gasteiger partial charge in [0.05, 0.1) is 10.6 Å². The van der Waals surface area contributed by atoms with E-state index in [0.29, 0.717) is 22.9 Å². The van der Waals surface area contributed by atoms with Gasteiger partial charge in [0.25, 0.3) is 11.1 Å². The number of imide groups is 1. The predicted octanol–water partition coefficient (Wildman–Crippen LogP) is 6.30. The van der Waals surface area contributed by atoms with Gasteiger partial charge in [-0.25, -0.2) is 9.29 Å². The first-order chi connectivity index (χ1) is 14.5. The van der Waals surface area contributed by atoms with Crippen molar-refractivity contribution in [2.45, 2.75) is 6.61 Å². The zero-order valence-corrected chi connectivity index (χ0v) is 17.1. The molecule has 4 rings (SSSR count). The van der Waals surface area contributed by atoms with E-state index >= 15 is 0 Å². The van der Waals surface area contributed by atoms with Crippen molar-refractivity contribution in [3.8, 4) is 5.75 Å². The largest absolute Gasteiger partial charge is 0.488 e. The Kier molecular flexibility index (Phi) is 5.88. The summed E-state index contributed by atoms with van der Waals surface area (Å²) in [7, 11) is 0. The second kappa shape index (κ2) is 8.73. The molecule has 150 valence electrons. The summed E-state index contributed by atoms with van der Waals surface area (Å²) in [5, 5.41) is 0.0978. The van der Waals surface area contributed by atoms with E-state index in [9.17, 15) is 14.0 Å². The number of anilines is 1. The summed E-state index contributed by atoms with van der Waals surface area (Å²) < 4.78 is 20.0. The number of hydrogen-bond acceptors (Lipinski definition) is 4. The molecule has 4 nitrogen and oxygen atoms in total. The van der Waals surface area contributed by atoms with Gasteiger partial charge in [0.1, 0.15) is 18.2 Å². The van der Waals surface area contributed by atoms with Crippen LogP contribution in [-0.4, -0.2) is 11.1 Å². The third-order valence-corrected chi connectivity index (χ3v) is 5.52. The zero-order valence-electron chi connectivity index (χ0n) is 15.5. The topological polar surface area (TPSA) is 46.6 Å². The quantitative estimate of drug-likeness (QED) is 0.438. The van der Waals surface area contributed by atoms with Crippen LogP contribution in [0, 0.1) is 5.82 Å². The van der Waals surface area contributed by atoms with E-state index in [4.69, 9.17) is 16.3 Å². The number of halogens is 2. The standard InChI is InChI=1S/C23H15ClFNO3S/c24-17-11-9-15(10-12-17)14-29-20-8-4-1-5-16(20)13-21-22(27)26(23(28)30-21)19-7-3-2-6-18(19)25/h1-13H,14H2/b21-13-. The number of carbonyl (C=O) groups excluding carboxylic acids is 2. The first-order valence-electron chi connectivity index (χ1n) is 9.02. The van der Waals surface area contributed by atoms with Crippen LogP contribution in [0.4, 0.5) is 14.9 Å². The Bertz CT molecular complexity index is 1150. The number of benzene rings is 3. The third kappa shape index (κ3) is 4.25. The van der Waals surface area contributed by atoms with Gasteiger partial charge < -0.3 is 4.74 Å². The Morgan fingerprint density at radius 1 is 0.967 bits per heavy atom. The number of ether oxygens (including phenoxy) is 1. The number of hydrogen-bond donors (Lipinski definition) is 0. The van der Waals surface area contributed by atoms with Gasteiger partial charge >= 0.3 is 0 Å². The number of rotatable bonds is 5. The third-order valence-electron chi connectivity index (χ3n) is 4.40. The molecule has 30 heavy (non-hydrogen) atoms. The fourth-order valence-electron chi connectivity index (χ4n) is 2.92. The lowest BCUT2D eigenvalue weighted by molar-refractivity contribution is -0.113. The molecule has 0 spiro atoms. The Labute approximate surface area is 181 Å². The molecule has 1 aliphatic rings. The van der Waals surface area contributed by atoms with Crippen LogP contribution in [-0.2, 0) is 11.4 Å². The summed E-state index contributed by atoms with van der Waals surface area (Å²) in [5.41, 5.74) is 1.52. The summed E-state index contributed by atoms with van der Waals surface area (Å²) in [4.78, 5) is 26.2. The van der Waals surface area contributed by atoms with Gasteiger partial charge in [-0.1, -0.05) is 54.1 Å². The van der Waals surface area contributed by atoms with Crippen molar-refractivity contribution in [3.05, 3.63) is 99.7 Å². The van der Waals surface area contributed by atoms with Crippen molar-refractivity contribution in [1.82, 2.24) is 0 Å². The number of nitrogens with zero attached hydrogens (tertiary/aromatic N) is 1. The molecule has 0 unspecified atom stereocenters. The molecule has 3 aromatic rings. The number of carbonyl (C=O) groups is 2. The lowest BCUT2D eigenvalue weighted by Crippen LogP contribution is -2.28. The first kappa shape index (κ1) is 20.2. The van der Waals surface area contributed by atoms with Crippen molar-refractivity contribution in [3.63, 3.8) is 0 Å². The van der Waals surface area contributed by atoms with E-state index in [1.54, 1.807) is 36.4 Å². The van der Waals surface area contributed by atoms with E-state index in [-0.39, 0.29) is 10.6 Å². The molecule has 7 heteroatoms.